The van der Waals surface area contributed by atoms with Gasteiger partial charge >= 0.3 is 0 Å². The second-order valence-electron chi connectivity index (χ2n) is 5.29. The fourth-order valence-electron chi connectivity index (χ4n) is 2.18. The molecule has 1 aromatic carbocycles. The minimum Gasteiger partial charge on any atom is -0.338 e. The SMILES string of the molecule is CCCN(CC(=O)Nc1ccc(F)c(F)c1F)Cc1noc(CN)n1.Cl. The number of anilines is 1. The fraction of sp³-hybridized carbons (Fsp3) is 0.400. The van der Waals surface area contributed by atoms with Crippen molar-refractivity contribution in [1.82, 2.24) is 15.0 Å². The van der Waals surface area contributed by atoms with E-state index in [0.29, 0.717) is 12.4 Å². The first-order valence-corrected chi connectivity index (χ1v) is 7.61. The summed E-state index contributed by atoms with van der Waals surface area (Å²) in [5.41, 5.74) is 4.96. The minimum absolute atomic E-state index is 0. The van der Waals surface area contributed by atoms with Crippen molar-refractivity contribution in [1.29, 1.82) is 0 Å². The summed E-state index contributed by atoms with van der Waals surface area (Å²) in [6.45, 7) is 2.68. The number of carbonyl (C=O) groups is 1. The van der Waals surface area contributed by atoms with Gasteiger partial charge in [0.25, 0.3) is 0 Å². The Labute approximate surface area is 154 Å². The standard InChI is InChI=1S/C15H18F3N5O2.ClH/c1-2-5-23(7-11-21-13(6-19)25-22-11)8-12(24)20-10-4-3-9(16)14(17)15(10)18;/h3-4H,2,5-8,19H2,1H3,(H,20,24);1H. The fourth-order valence-corrected chi connectivity index (χ4v) is 2.18. The van der Waals surface area contributed by atoms with Crippen molar-refractivity contribution in [3.63, 3.8) is 0 Å². The quantitative estimate of drug-likeness (QED) is 0.667. The molecule has 11 heteroatoms. The highest BCUT2D eigenvalue weighted by Gasteiger charge is 2.18. The lowest BCUT2D eigenvalue weighted by Gasteiger charge is -2.19. The van der Waals surface area contributed by atoms with E-state index in [1.165, 1.54) is 0 Å². The number of carbonyl (C=O) groups excluding carboxylic acids is 1. The number of aromatic nitrogens is 2. The van der Waals surface area contributed by atoms with E-state index in [2.05, 4.69) is 15.5 Å². The first-order chi connectivity index (χ1) is 11.9. The molecule has 2 rings (SSSR count). The van der Waals surface area contributed by atoms with Crippen molar-refractivity contribution in [2.45, 2.75) is 26.4 Å². The lowest BCUT2D eigenvalue weighted by atomic mass is 10.2. The molecule has 0 unspecified atom stereocenters. The maximum absolute atomic E-state index is 13.6. The maximum Gasteiger partial charge on any atom is 0.240 e. The molecule has 144 valence electrons. The molecule has 0 radical (unpaired) electrons. The van der Waals surface area contributed by atoms with Crippen molar-refractivity contribution in [2.75, 3.05) is 18.4 Å². The predicted molar refractivity (Wildman–Crippen MR) is 90.0 cm³/mol. The highest BCUT2D eigenvalue weighted by atomic mass is 35.5. The first kappa shape index (κ1) is 21.9. The van der Waals surface area contributed by atoms with Gasteiger partial charge in [0.2, 0.25) is 11.8 Å². The second-order valence-corrected chi connectivity index (χ2v) is 5.29. The Morgan fingerprint density at radius 2 is 2.04 bits per heavy atom. The average molecular weight is 394 g/mol. The number of nitrogens with two attached hydrogens (primary N) is 1. The Morgan fingerprint density at radius 3 is 2.65 bits per heavy atom. The molecule has 0 atom stereocenters. The van der Waals surface area contributed by atoms with Crippen LogP contribution < -0.4 is 11.1 Å². The highest BCUT2D eigenvalue weighted by molar-refractivity contribution is 5.92. The van der Waals surface area contributed by atoms with Crippen LogP contribution in [0.25, 0.3) is 0 Å². The first-order valence-electron chi connectivity index (χ1n) is 7.61. The lowest BCUT2D eigenvalue weighted by Crippen LogP contribution is -2.34. The molecule has 0 spiro atoms. The van der Waals surface area contributed by atoms with E-state index in [4.69, 9.17) is 10.3 Å². The molecular weight excluding hydrogens is 375 g/mol. The Kier molecular flexibility index (Phi) is 8.49. The summed E-state index contributed by atoms with van der Waals surface area (Å²) in [4.78, 5) is 17.8. The molecule has 1 amide bonds. The van der Waals surface area contributed by atoms with Gasteiger partial charge in [-0.15, -0.1) is 12.4 Å². The van der Waals surface area contributed by atoms with Crippen molar-refractivity contribution in [3.05, 3.63) is 41.3 Å². The van der Waals surface area contributed by atoms with Crippen LogP contribution in [0.4, 0.5) is 18.9 Å². The largest absolute Gasteiger partial charge is 0.338 e. The van der Waals surface area contributed by atoms with Gasteiger partial charge in [0.15, 0.2) is 23.3 Å². The van der Waals surface area contributed by atoms with Gasteiger partial charge in [0.05, 0.1) is 25.3 Å². The summed E-state index contributed by atoms with van der Waals surface area (Å²) in [6.07, 6.45) is 0.744. The summed E-state index contributed by atoms with van der Waals surface area (Å²) in [5, 5.41) is 5.97. The Balaban J connectivity index is 0.00000338. The monoisotopic (exact) mass is 393 g/mol. The molecule has 26 heavy (non-hydrogen) atoms. The molecule has 1 heterocycles. The molecule has 1 aromatic heterocycles. The summed E-state index contributed by atoms with van der Waals surface area (Å²) < 4.78 is 44.6. The van der Waals surface area contributed by atoms with Gasteiger partial charge in [0, 0.05) is 0 Å². The van der Waals surface area contributed by atoms with E-state index < -0.39 is 29.0 Å². The van der Waals surface area contributed by atoms with Crippen LogP contribution in [0.1, 0.15) is 25.1 Å². The number of halogens is 4. The van der Waals surface area contributed by atoms with E-state index in [1.54, 1.807) is 4.90 Å². The highest BCUT2D eigenvalue weighted by Crippen LogP contribution is 2.19. The average Bonchev–Trinajstić information content (AvgIpc) is 3.03. The Bertz CT molecular complexity index is 744. The predicted octanol–water partition coefficient (Wildman–Crippen LogP) is 2.22. The van der Waals surface area contributed by atoms with E-state index in [1.807, 2.05) is 6.92 Å². The van der Waals surface area contributed by atoms with Crippen molar-refractivity contribution in [3.8, 4) is 0 Å². The molecule has 0 aliphatic carbocycles. The number of hydrogen-bond acceptors (Lipinski definition) is 6. The van der Waals surface area contributed by atoms with Gasteiger partial charge < -0.3 is 15.6 Å². The molecule has 0 bridgehead atoms. The van der Waals surface area contributed by atoms with Crippen LogP contribution in [0.2, 0.25) is 0 Å². The third-order valence-corrected chi connectivity index (χ3v) is 3.27. The zero-order valence-corrected chi connectivity index (χ0v) is 14.8. The summed E-state index contributed by atoms with van der Waals surface area (Å²) in [5.74, 6) is -4.34. The molecule has 3 N–H and O–H groups in total. The summed E-state index contributed by atoms with van der Waals surface area (Å²) in [7, 11) is 0. The van der Waals surface area contributed by atoms with E-state index in [0.717, 1.165) is 18.6 Å². The molecule has 0 saturated heterocycles. The molecular formula is C15H19ClF3N5O2. The van der Waals surface area contributed by atoms with Crippen molar-refractivity contribution in [2.24, 2.45) is 5.73 Å². The van der Waals surface area contributed by atoms with Crippen molar-refractivity contribution >= 4 is 24.0 Å². The van der Waals surface area contributed by atoms with Gasteiger partial charge in [0.1, 0.15) is 0 Å². The van der Waals surface area contributed by atoms with Crippen LogP contribution in [0.3, 0.4) is 0 Å². The number of nitrogens with one attached hydrogen (secondary N) is 1. The molecule has 0 aliphatic rings. The third-order valence-electron chi connectivity index (χ3n) is 3.27. The van der Waals surface area contributed by atoms with E-state index >= 15 is 0 Å². The number of amides is 1. The lowest BCUT2D eigenvalue weighted by molar-refractivity contribution is -0.117. The van der Waals surface area contributed by atoms with Crippen LogP contribution in [-0.2, 0) is 17.9 Å². The topological polar surface area (TPSA) is 97.3 Å². The number of benzene rings is 1. The number of hydrogen-bond donors (Lipinski definition) is 2. The van der Waals surface area contributed by atoms with Gasteiger partial charge in [-0.05, 0) is 25.1 Å². The van der Waals surface area contributed by atoms with E-state index in [9.17, 15) is 18.0 Å². The van der Waals surface area contributed by atoms with Crippen molar-refractivity contribution < 1.29 is 22.5 Å². The number of rotatable bonds is 8. The van der Waals surface area contributed by atoms with Crippen LogP contribution in [0.15, 0.2) is 16.7 Å². The Hall–Kier alpha value is -2.17. The van der Waals surface area contributed by atoms with Crippen LogP contribution >= 0.6 is 12.4 Å². The maximum atomic E-state index is 13.6. The van der Waals surface area contributed by atoms with Crippen LogP contribution in [0, 0.1) is 17.5 Å². The van der Waals surface area contributed by atoms with E-state index in [-0.39, 0.29) is 37.9 Å². The van der Waals surface area contributed by atoms with Gasteiger partial charge in [-0.2, -0.15) is 4.98 Å². The molecule has 0 fully saturated rings. The zero-order valence-electron chi connectivity index (χ0n) is 14.0. The van der Waals surface area contributed by atoms with Gasteiger partial charge in [-0.25, -0.2) is 13.2 Å². The summed E-state index contributed by atoms with van der Waals surface area (Å²) >= 11 is 0. The zero-order chi connectivity index (χ0) is 18.4. The molecule has 0 saturated carbocycles. The molecule has 2 aromatic rings. The number of nitrogens with zero attached hydrogens (tertiary/aromatic N) is 3. The smallest absolute Gasteiger partial charge is 0.240 e. The normalized spacial score (nSPS) is 10.7. The minimum atomic E-state index is -1.63. The van der Waals surface area contributed by atoms with Crippen LogP contribution in [-0.4, -0.2) is 34.0 Å². The van der Waals surface area contributed by atoms with Crippen LogP contribution in [0.5, 0.6) is 0 Å². The summed E-state index contributed by atoms with van der Waals surface area (Å²) in [6, 6.07) is 1.70. The second kappa shape index (κ2) is 10.1. The Morgan fingerprint density at radius 1 is 1.31 bits per heavy atom. The third kappa shape index (κ3) is 5.68. The molecule has 0 aliphatic heterocycles. The van der Waals surface area contributed by atoms with Gasteiger partial charge in [-0.1, -0.05) is 12.1 Å². The molecule has 7 nitrogen and oxygen atoms in total. The van der Waals surface area contributed by atoms with Gasteiger partial charge in [-0.3, -0.25) is 9.69 Å².